The summed E-state index contributed by atoms with van der Waals surface area (Å²) in [6, 6.07) is 0. The van der Waals surface area contributed by atoms with Crippen LogP contribution in [0.5, 0.6) is 0 Å². The smallest absolute Gasteiger partial charge is 0.310 e. The number of carbonyl (C=O) groups is 1. The third-order valence-electron chi connectivity index (χ3n) is 3.56. The number of carboxylic acids is 1. The molecule has 0 bridgehead atoms. The molecule has 0 amide bonds. The van der Waals surface area contributed by atoms with Gasteiger partial charge in [-0.15, -0.1) is 0 Å². The van der Waals surface area contributed by atoms with Gasteiger partial charge in [0, 0.05) is 33.9 Å². The zero-order valence-corrected chi connectivity index (χ0v) is 12.1. The fraction of sp³-hybridized carbons (Fsp3) is 0.923. The highest BCUT2D eigenvalue weighted by molar-refractivity contribution is 5.74. The molecule has 0 aliphatic carbocycles. The Bertz CT molecular complexity index is 221. The first-order valence-corrected chi connectivity index (χ1v) is 6.50. The highest BCUT2D eigenvalue weighted by Gasteiger charge is 2.36. The molecule has 0 aliphatic rings. The predicted molar refractivity (Wildman–Crippen MR) is 70.8 cm³/mol. The molecule has 0 fully saturated rings. The highest BCUT2D eigenvalue weighted by atomic mass is 16.5. The number of aliphatic carboxylic acids is 1. The minimum absolute atomic E-state index is 0.544. The molecule has 0 radical (unpaired) electrons. The van der Waals surface area contributed by atoms with E-state index in [2.05, 4.69) is 4.90 Å². The molecule has 108 valence electrons. The van der Waals surface area contributed by atoms with Crippen molar-refractivity contribution in [1.29, 1.82) is 0 Å². The fourth-order valence-corrected chi connectivity index (χ4v) is 1.98. The van der Waals surface area contributed by atoms with Crippen LogP contribution in [0, 0.1) is 5.41 Å². The van der Waals surface area contributed by atoms with Crippen molar-refractivity contribution in [2.75, 3.05) is 47.1 Å². The highest BCUT2D eigenvalue weighted by Crippen LogP contribution is 2.27. The van der Waals surface area contributed by atoms with Gasteiger partial charge in [-0.25, -0.2) is 0 Å². The summed E-state index contributed by atoms with van der Waals surface area (Å²) < 4.78 is 10.1. The molecule has 18 heavy (non-hydrogen) atoms. The van der Waals surface area contributed by atoms with E-state index in [0.717, 1.165) is 13.1 Å². The number of hydrogen-bond donors (Lipinski definition) is 1. The molecule has 0 heterocycles. The standard InChI is InChI=1S/C13H27NO4/c1-5-13(6-2,12(15)16)11-14(7-9-17-3)8-10-18-4/h5-11H2,1-4H3,(H,15,16). The van der Waals surface area contributed by atoms with Gasteiger partial charge < -0.3 is 14.6 Å². The maximum Gasteiger partial charge on any atom is 0.310 e. The summed E-state index contributed by atoms with van der Waals surface area (Å²) in [6.45, 7) is 7.08. The summed E-state index contributed by atoms with van der Waals surface area (Å²) in [4.78, 5) is 13.6. The molecule has 0 saturated carbocycles. The minimum atomic E-state index is -0.715. The zero-order valence-electron chi connectivity index (χ0n) is 12.1. The second-order valence-electron chi connectivity index (χ2n) is 4.55. The van der Waals surface area contributed by atoms with Gasteiger partial charge in [0.2, 0.25) is 0 Å². The Kier molecular flexibility index (Phi) is 8.97. The lowest BCUT2D eigenvalue weighted by molar-refractivity contribution is -0.151. The molecule has 0 aromatic heterocycles. The lowest BCUT2D eigenvalue weighted by Crippen LogP contribution is -2.44. The summed E-state index contributed by atoms with van der Waals surface area (Å²) in [6.07, 6.45) is 1.27. The maximum absolute atomic E-state index is 11.5. The number of carboxylic acid groups (broad SMARTS) is 1. The molecule has 0 unspecified atom stereocenters. The van der Waals surface area contributed by atoms with Crippen LogP contribution in [0.3, 0.4) is 0 Å². The minimum Gasteiger partial charge on any atom is -0.481 e. The fourth-order valence-electron chi connectivity index (χ4n) is 1.98. The molecule has 0 spiro atoms. The summed E-state index contributed by atoms with van der Waals surface area (Å²) in [7, 11) is 3.30. The second kappa shape index (κ2) is 9.30. The van der Waals surface area contributed by atoms with Crippen LogP contribution in [-0.2, 0) is 14.3 Å². The molecule has 0 saturated heterocycles. The van der Waals surface area contributed by atoms with E-state index >= 15 is 0 Å². The Morgan fingerprint density at radius 2 is 1.56 bits per heavy atom. The SMILES string of the molecule is CCC(CC)(CN(CCOC)CCOC)C(=O)O. The Labute approximate surface area is 110 Å². The van der Waals surface area contributed by atoms with Crippen LogP contribution in [0.1, 0.15) is 26.7 Å². The third kappa shape index (κ3) is 5.33. The van der Waals surface area contributed by atoms with Crippen LogP contribution in [0.15, 0.2) is 0 Å². The lowest BCUT2D eigenvalue weighted by Gasteiger charge is -2.33. The molecule has 0 aliphatic heterocycles. The van der Waals surface area contributed by atoms with E-state index < -0.39 is 11.4 Å². The summed E-state index contributed by atoms with van der Waals surface area (Å²) >= 11 is 0. The number of hydrogen-bond acceptors (Lipinski definition) is 4. The van der Waals surface area contributed by atoms with Crippen LogP contribution >= 0.6 is 0 Å². The Morgan fingerprint density at radius 3 is 1.83 bits per heavy atom. The van der Waals surface area contributed by atoms with Gasteiger partial charge in [0.15, 0.2) is 0 Å². The van der Waals surface area contributed by atoms with Crippen molar-refractivity contribution in [3.8, 4) is 0 Å². The monoisotopic (exact) mass is 261 g/mol. The molecule has 0 rings (SSSR count). The van der Waals surface area contributed by atoms with Crippen molar-refractivity contribution >= 4 is 5.97 Å². The van der Waals surface area contributed by atoms with E-state index in [1.165, 1.54) is 0 Å². The third-order valence-corrected chi connectivity index (χ3v) is 3.56. The first kappa shape index (κ1) is 17.4. The summed E-state index contributed by atoms with van der Waals surface area (Å²) in [5.41, 5.74) is -0.665. The van der Waals surface area contributed by atoms with Crippen LogP contribution in [0.4, 0.5) is 0 Å². The van der Waals surface area contributed by atoms with Gasteiger partial charge in [-0.2, -0.15) is 0 Å². The second-order valence-corrected chi connectivity index (χ2v) is 4.55. The van der Waals surface area contributed by atoms with Crippen molar-refractivity contribution in [3.63, 3.8) is 0 Å². The lowest BCUT2D eigenvalue weighted by atomic mass is 9.82. The van der Waals surface area contributed by atoms with Gasteiger partial charge in [0.1, 0.15) is 0 Å². The van der Waals surface area contributed by atoms with E-state index in [1.54, 1.807) is 14.2 Å². The normalized spacial score (nSPS) is 12.1. The molecule has 1 N–H and O–H groups in total. The van der Waals surface area contributed by atoms with E-state index in [1.807, 2.05) is 13.8 Å². The van der Waals surface area contributed by atoms with Crippen molar-refractivity contribution in [3.05, 3.63) is 0 Å². The number of methoxy groups -OCH3 is 2. The van der Waals surface area contributed by atoms with Gasteiger partial charge in [-0.3, -0.25) is 9.69 Å². The van der Waals surface area contributed by atoms with Gasteiger partial charge in [0.05, 0.1) is 18.6 Å². The zero-order chi connectivity index (χ0) is 14.0. The number of rotatable bonds is 11. The van der Waals surface area contributed by atoms with Crippen LogP contribution in [-0.4, -0.2) is 63.0 Å². The average molecular weight is 261 g/mol. The van der Waals surface area contributed by atoms with Crippen LogP contribution in [0.2, 0.25) is 0 Å². The Balaban J connectivity index is 4.62. The molecule has 0 atom stereocenters. The molecular formula is C13H27NO4. The number of ether oxygens (including phenoxy) is 2. The van der Waals surface area contributed by atoms with Gasteiger partial charge >= 0.3 is 5.97 Å². The Morgan fingerprint density at radius 1 is 1.11 bits per heavy atom. The molecule has 5 heteroatoms. The maximum atomic E-state index is 11.5. The first-order valence-electron chi connectivity index (χ1n) is 6.50. The van der Waals surface area contributed by atoms with Gasteiger partial charge in [-0.05, 0) is 12.8 Å². The molecule has 5 nitrogen and oxygen atoms in total. The van der Waals surface area contributed by atoms with E-state index in [0.29, 0.717) is 32.6 Å². The average Bonchev–Trinajstić information content (AvgIpc) is 2.38. The van der Waals surface area contributed by atoms with Crippen LogP contribution < -0.4 is 0 Å². The van der Waals surface area contributed by atoms with E-state index in [9.17, 15) is 9.90 Å². The quantitative estimate of drug-likeness (QED) is 0.610. The van der Waals surface area contributed by atoms with Crippen molar-refractivity contribution < 1.29 is 19.4 Å². The van der Waals surface area contributed by atoms with Crippen molar-refractivity contribution in [2.45, 2.75) is 26.7 Å². The van der Waals surface area contributed by atoms with Crippen molar-refractivity contribution in [1.82, 2.24) is 4.90 Å². The van der Waals surface area contributed by atoms with Crippen LogP contribution in [0.25, 0.3) is 0 Å². The summed E-state index contributed by atoms with van der Waals surface area (Å²) in [5, 5.41) is 9.43. The Hall–Kier alpha value is -0.650. The topological polar surface area (TPSA) is 59.0 Å². The van der Waals surface area contributed by atoms with Gasteiger partial charge in [0.25, 0.3) is 0 Å². The molecule has 0 aromatic carbocycles. The molecular weight excluding hydrogens is 234 g/mol. The largest absolute Gasteiger partial charge is 0.481 e. The number of nitrogens with zero attached hydrogens (tertiary/aromatic N) is 1. The van der Waals surface area contributed by atoms with Gasteiger partial charge in [-0.1, -0.05) is 13.8 Å². The van der Waals surface area contributed by atoms with Crippen molar-refractivity contribution in [2.24, 2.45) is 5.41 Å². The predicted octanol–water partition coefficient (Wildman–Crippen LogP) is 1.47. The van der Waals surface area contributed by atoms with E-state index in [-0.39, 0.29) is 0 Å². The molecule has 0 aromatic rings. The van der Waals surface area contributed by atoms with E-state index in [4.69, 9.17) is 9.47 Å². The summed E-state index contributed by atoms with van der Waals surface area (Å²) in [5.74, 6) is -0.715. The first-order chi connectivity index (χ1) is 8.56.